The van der Waals surface area contributed by atoms with Crippen LogP contribution in [0.1, 0.15) is 61.0 Å². The first-order chi connectivity index (χ1) is 12.1. The van der Waals surface area contributed by atoms with Gasteiger partial charge in [-0.15, -0.1) is 0 Å². The van der Waals surface area contributed by atoms with Crippen molar-refractivity contribution >= 4 is 23.5 Å². The minimum Gasteiger partial charge on any atom is -0.821 e. The summed E-state index contributed by atoms with van der Waals surface area (Å²) in [5.41, 5.74) is -2.69. The number of hydrogen-bond donors (Lipinski definition) is 0. The lowest BCUT2D eigenvalue weighted by Gasteiger charge is -2.55. The lowest BCUT2D eigenvalue weighted by atomic mass is 9.67. The smallest absolute Gasteiger partial charge is 0.524 e. The third-order valence-electron chi connectivity index (χ3n) is 5.45. The molecule has 0 radical (unpaired) electrons. The number of carbonyl (C=O) groups excluding carboxylic acids is 1. The topological polar surface area (TPSA) is 58.6 Å². The van der Waals surface area contributed by atoms with E-state index in [0.717, 1.165) is 5.56 Å². The summed E-state index contributed by atoms with van der Waals surface area (Å²) < 4.78 is 11.2. The largest absolute Gasteiger partial charge is 0.821 e. The molecular formula is C21H31NO4S. The van der Waals surface area contributed by atoms with E-state index in [0.29, 0.717) is 0 Å². The molecule has 0 saturated carbocycles. The number of benzene rings is 1. The molecule has 1 aliphatic heterocycles. The van der Waals surface area contributed by atoms with Crippen LogP contribution in [-0.4, -0.2) is 33.7 Å². The zero-order valence-corrected chi connectivity index (χ0v) is 18.4. The average molecular weight is 394 g/mol. The monoisotopic (exact) mass is 393 g/mol. The highest BCUT2D eigenvalue weighted by atomic mass is 32.1. The zero-order valence-electron chi connectivity index (χ0n) is 17.6. The molecule has 0 aromatic heterocycles. The number of quaternary nitrogens is 1. The Bertz CT molecular complexity index is 733. The number of ether oxygens (including phenoxy) is 2. The third kappa shape index (κ3) is 3.08. The van der Waals surface area contributed by atoms with E-state index in [2.05, 4.69) is 0 Å². The van der Waals surface area contributed by atoms with Gasteiger partial charge >= 0.3 is 6.09 Å². The number of nitrogens with zero attached hydrogens (tertiary/aromatic N) is 1. The van der Waals surface area contributed by atoms with Crippen molar-refractivity contribution in [2.24, 2.45) is 5.41 Å². The van der Waals surface area contributed by atoms with Crippen molar-refractivity contribution in [2.75, 3.05) is 6.61 Å². The van der Waals surface area contributed by atoms with Gasteiger partial charge in [-0.05, 0) is 33.0 Å². The van der Waals surface area contributed by atoms with Gasteiger partial charge in [0.1, 0.15) is 12.2 Å². The van der Waals surface area contributed by atoms with Crippen molar-refractivity contribution in [1.82, 2.24) is 0 Å². The van der Waals surface area contributed by atoms with Gasteiger partial charge < -0.3 is 14.6 Å². The lowest BCUT2D eigenvalue weighted by molar-refractivity contribution is -0.906. The Balaban J connectivity index is 2.93. The summed E-state index contributed by atoms with van der Waals surface area (Å²) in [7, 11) is 0. The molecule has 150 valence electrons. The maximum absolute atomic E-state index is 13.7. The van der Waals surface area contributed by atoms with Crippen LogP contribution in [0.4, 0.5) is 4.79 Å². The molecule has 1 heterocycles. The summed E-state index contributed by atoms with van der Waals surface area (Å²) in [5.74, 6) is 0. The first-order valence-electron chi connectivity index (χ1n) is 9.17. The SMILES string of the molecule is CC(C)(C)OC(=O)[N+]1(C([O-])=S)C(C)(C)OC[C@@]1(c1ccccc1)C(C)(C)C. The Hall–Kier alpha value is -1.50. The molecule has 0 bridgehead atoms. The minimum absolute atomic E-state index is 0.176. The summed E-state index contributed by atoms with van der Waals surface area (Å²) in [6.07, 6.45) is -0.677. The van der Waals surface area contributed by atoms with Crippen molar-refractivity contribution in [1.29, 1.82) is 0 Å². The van der Waals surface area contributed by atoms with E-state index >= 15 is 0 Å². The van der Waals surface area contributed by atoms with Gasteiger partial charge in [0, 0.05) is 24.8 Å². The molecule has 1 aromatic rings. The second kappa shape index (κ2) is 6.54. The fourth-order valence-electron chi connectivity index (χ4n) is 4.23. The number of rotatable bonds is 1. The first-order valence-corrected chi connectivity index (χ1v) is 9.58. The van der Waals surface area contributed by atoms with Crippen molar-refractivity contribution in [3.8, 4) is 0 Å². The summed E-state index contributed by atoms with van der Waals surface area (Å²) in [4.78, 5) is 13.7. The normalized spacial score (nSPS) is 28.0. The Labute approximate surface area is 167 Å². The molecule has 2 atom stereocenters. The Morgan fingerprint density at radius 1 is 1.15 bits per heavy atom. The maximum atomic E-state index is 13.7. The molecule has 27 heavy (non-hydrogen) atoms. The van der Waals surface area contributed by atoms with E-state index < -0.39 is 38.0 Å². The summed E-state index contributed by atoms with van der Waals surface area (Å²) in [5, 5.41) is 12.4. The van der Waals surface area contributed by atoms with Crippen LogP contribution in [0.5, 0.6) is 0 Å². The van der Waals surface area contributed by atoms with Gasteiger partial charge in [-0.1, -0.05) is 51.1 Å². The van der Waals surface area contributed by atoms with E-state index in [1.807, 2.05) is 51.1 Å². The van der Waals surface area contributed by atoms with E-state index in [1.165, 1.54) is 0 Å². The van der Waals surface area contributed by atoms with Crippen molar-refractivity contribution in [3.05, 3.63) is 35.9 Å². The molecule has 1 unspecified atom stereocenters. The molecule has 5 nitrogen and oxygen atoms in total. The van der Waals surface area contributed by atoms with E-state index in [-0.39, 0.29) is 6.61 Å². The van der Waals surface area contributed by atoms with Crippen molar-refractivity contribution in [2.45, 2.75) is 72.3 Å². The van der Waals surface area contributed by atoms with Crippen LogP contribution in [0.3, 0.4) is 0 Å². The van der Waals surface area contributed by atoms with Crippen LogP contribution in [-0.2, 0) is 15.0 Å². The van der Waals surface area contributed by atoms with Gasteiger partial charge in [-0.25, -0.2) is 0 Å². The first kappa shape index (κ1) is 21.8. The van der Waals surface area contributed by atoms with Crippen LogP contribution >= 0.6 is 12.2 Å². The van der Waals surface area contributed by atoms with Crippen LogP contribution in [0.25, 0.3) is 0 Å². The molecule has 1 aliphatic rings. The number of carbonyl (C=O) groups is 1. The molecule has 1 saturated heterocycles. The number of thiocarbonyl (C=S) groups is 1. The Kier molecular flexibility index (Phi) is 5.28. The lowest BCUT2D eigenvalue weighted by Crippen LogP contribution is -2.78. The molecule has 0 spiro atoms. The standard InChI is InChI=1S/C21H31NO4S/c1-18(2,3)21(15-12-10-9-11-13-15)14-25-20(7,8)22(21,17(24)27)16(23)26-19(4,5)6/h9-13H,14H2,1-8H3/t21-,22?/m1/s1. The molecule has 1 fully saturated rings. The third-order valence-corrected chi connectivity index (χ3v) is 5.72. The van der Waals surface area contributed by atoms with Gasteiger partial charge in [-0.2, -0.15) is 9.28 Å². The summed E-state index contributed by atoms with van der Waals surface area (Å²) in [6.45, 7) is 15.0. The van der Waals surface area contributed by atoms with E-state index in [4.69, 9.17) is 21.7 Å². The molecule has 0 N–H and O–H groups in total. The van der Waals surface area contributed by atoms with Crippen LogP contribution in [0, 0.1) is 5.41 Å². The second-order valence-electron chi connectivity index (χ2n) is 9.63. The number of hydrogen-bond acceptors (Lipinski definition) is 5. The fraction of sp³-hybridized carbons (Fsp3) is 0.619. The van der Waals surface area contributed by atoms with Crippen LogP contribution in [0.15, 0.2) is 30.3 Å². The van der Waals surface area contributed by atoms with Gasteiger partial charge in [0.2, 0.25) is 5.72 Å². The minimum atomic E-state index is -1.18. The average Bonchev–Trinajstić information content (AvgIpc) is 2.75. The maximum Gasteiger partial charge on any atom is 0.524 e. The fourth-order valence-corrected chi connectivity index (χ4v) is 4.68. The molecule has 2 rings (SSSR count). The van der Waals surface area contributed by atoms with Crippen molar-refractivity contribution in [3.63, 3.8) is 0 Å². The molecule has 1 amide bonds. The van der Waals surface area contributed by atoms with Gasteiger partial charge in [0.15, 0.2) is 10.7 Å². The highest BCUT2D eigenvalue weighted by Crippen LogP contribution is 2.58. The predicted molar refractivity (Wildman–Crippen MR) is 107 cm³/mol. The molecular weight excluding hydrogens is 362 g/mol. The highest BCUT2D eigenvalue weighted by molar-refractivity contribution is 7.79. The van der Waals surface area contributed by atoms with Gasteiger partial charge in [0.05, 0.1) is 0 Å². The van der Waals surface area contributed by atoms with Crippen LogP contribution in [0.2, 0.25) is 0 Å². The van der Waals surface area contributed by atoms with Gasteiger partial charge in [-0.3, -0.25) is 0 Å². The van der Waals surface area contributed by atoms with Gasteiger partial charge in [0.25, 0.3) is 0 Å². The van der Waals surface area contributed by atoms with Crippen molar-refractivity contribution < 1.29 is 23.9 Å². The van der Waals surface area contributed by atoms with Crippen LogP contribution < -0.4 is 5.11 Å². The van der Waals surface area contributed by atoms with E-state index in [1.54, 1.807) is 34.6 Å². The predicted octanol–water partition coefficient (Wildman–Crippen LogP) is 4.09. The highest BCUT2D eigenvalue weighted by Gasteiger charge is 2.76. The molecule has 6 heteroatoms. The number of amides is 1. The summed E-state index contributed by atoms with van der Waals surface area (Å²) >= 11 is 5.24. The zero-order chi connectivity index (χ0) is 20.9. The quantitative estimate of drug-likeness (QED) is 0.531. The molecule has 1 aromatic carbocycles. The summed E-state index contributed by atoms with van der Waals surface area (Å²) in [6, 6.07) is 9.54. The Morgan fingerprint density at radius 2 is 1.67 bits per heavy atom. The van der Waals surface area contributed by atoms with E-state index in [9.17, 15) is 9.90 Å². The second-order valence-corrected chi connectivity index (χ2v) is 9.98. The molecule has 0 aliphatic carbocycles. The Morgan fingerprint density at radius 3 is 2.07 bits per heavy atom.